The van der Waals surface area contributed by atoms with Crippen molar-refractivity contribution < 1.29 is 19.1 Å². The molecule has 166 valence electrons. The average Bonchev–Trinajstić information content (AvgIpc) is 3.36. The Morgan fingerprint density at radius 2 is 2.03 bits per heavy atom. The Bertz CT molecular complexity index is 913. The van der Waals surface area contributed by atoms with E-state index < -0.39 is 29.5 Å². The molecule has 1 aliphatic rings. The van der Waals surface area contributed by atoms with E-state index in [-0.39, 0.29) is 18.9 Å². The van der Waals surface area contributed by atoms with Crippen molar-refractivity contribution in [3.05, 3.63) is 54.1 Å². The van der Waals surface area contributed by atoms with Crippen LogP contribution in [0.15, 0.2) is 42.9 Å². The smallest absolute Gasteiger partial charge is 0.410 e. The number of primary amides is 1. The first-order valence-electron chi connectivity index (χ1n) is 10.2. The van der Waals surface area contributed by atoms with Gasteiger partial charge in [0, 0.05) is 31.9 Å². The first-order valence-corrected chi connectivity index (χ1v) is 10.2. The number of hydrogen-bond acceptors (Lipinski definition) is 5. The van der Waals surface area contributed by atoms with Crippen molar-refractivity contribution in [3.63, 3.8) is 0 Å². The van der Waals surface area contributed by atoms with Crippen LogP contribution in [-0.2, 0) is 27.4 Å². The predicted molar refractivity (Wildman–Crippen MR) is 114 cm³/mol. The molecule has 3 rings (SSSR count). The fourth-order valence-electron chi connectivity index (χ4n) is 4.01. The minimum absolute atomic E-state index is 0.0929. The maximum Gasteiger partial charge on any atom is 0.410 e. The normalized spacial score (nSPS) is 18.4. The number of imidazole rings is 1. The third-order valence-electron chi connectivity index (χ3n) is 5.82. The molecular weight excluding hydrogens is 398 g/mol. The van der Waals surface area contributed by atoms with Crippen LogP contribution in [0.2, 0.25) is 0 Å². The van der Waals surface area contributed by atoms with Crippen LogP contribution in [0.4, 0.5) is 4.79 Å². The summed E-state index contributed by atoms with van der Waals surface area (Å²) in [5, 5.41) is 0. The van der Waals surface area contributed by atoms with Crippen molar-refractivity contribution in [1.29, 1.82) is 0 Å². The van der Waals surface area contributed by atoms with Crippen LogP contribution in [0.1, 0.15) is 31.5 Å². The molecule has 1 aromatic carbocycles. The van der Waals surface area contributed by atoms with E-state index in [2.05, 4.69) is 9.97 Å². The second-order valence-electron chi connectivity index (χ2n) is 8.52. The number of nitrogens with zero attached hydrogens (tertiary/aromatic N) is 3. The van der Waals surface area contributed by atoms with E-state index >= 15 is 0 Å². The van der Waals surface area contributed by atoms with Crippen molar-refractivity contribution >= 4 is 17.9 Å². The lowest BCUT2D eigenvalue weighted by Gasteiger charge is -2.34. The second kappa shape index (κ2) is 9.20. The van der Waals surface area contributed by atoms with Crippen LogP contribution in [-0.4, -0.2) is 63.4 Å². The van der Waals surface area contributed by atoms with Crippen LogP contribution in [0.5, 0.6) is 0 Å². The highest BCUT2D eigenvalue weighted by atomic mass is 16.6. The molecule has 1 aromatic heterocycles. The van der Waals surface area contributed by atoms with Crippen LogP contribution in [0.25, 0.3) is 0 Å². The molecule has 2 atom stereocenters. The summed E-state index contributed by atoms with van der Waals surface area (Å²) in [5.41, 5.74) is 6.73. The highest BCUT2D eigenvalue weighted by Crippen LogP contribution is 2.36. The van der Waals surface area contributed by atoms with Crippen LogP contribution in [0.3, 0.4) is 0 Å². The summed E-state index contributed by atoms with van der Waals surface area (Å²) in [6.45, 7) is 4.32. The maximum absolute atomic E-state index is 13.5. The molecule has 0 spiro atoms. The summed E-state index contributed by atoms with van der Waals surface area (Å²) in [5.74, 6) is -0.895. The molecule has 9 nitrogen and oxygen atoms in total. The van der Waals surface area contributed by atoms with E-state index in [0.29, 0.717) is 18.7 Å². The largest absolute Gasteiger partial charge is 0.445 e. The number of amides is 3. The summed E-state index contributed by atoms with van der Waals surface area (Å²) < 4.78 is 5.42. The molecule has 0 bridgehead atoms. The van der Waals surface area contributed by atoms with Crippen molar-refractivity contribution in [1.82, 2.24) is 19.8 Å². The Balaban J connectivity index is 1.79. The molecule has 0 saturated carbocycles. The number of carbonyl (C=O) groups excluding carboxylic acids is 3. The van der Waals surface area contributed by atoms with E-state index in [0.717, 1.165) is 5.56 Å². The lowest BCUT2D eigenvalue weighted by atomic mass is 9.84. The summed E-state index contributed by atoms with van der Waals surface area (Å²) in [6, 6.07) is 7.68. The molecule has 3 amide bonds. The van der Waals surface area contributed by atoms with Gasteiger partial charge in [-0.3, -0.25) is 14.5 Å². The Hall–Kier alpha value is -3.36. The van der Waals surface area contributed by atoms with Gasteiger partial charge in [-0.1, -0.05) is 44.2 Å². The molecule has 1 aliphatic heterocycles. The molecule has 0 radical (unpaired) electrons. The zero-order valence-corrected chi connectivity index (χ0v) is 18.1. The summed E-state index contributed by atoms with van der Waals surface area (Å²) in [6.07, 6.45) is 3.33. The first kappa shape index (κ1) is 22.3. The summed E-state index contributed by atoms with van der Waals surface area (Å²) in [4.78, 5) is 48.2. The number of likely N-dealkylation sites (tertiary alicyclic amines) is 1. The third-order valence-corrected chi connectivity index (χ3v) is 5.82. The van der Waals surface area contributed by atoms with E-state index in [4.69, 9.17) is 10.5 Å². The number of aromatic amines is 1. The summed E-state index contributed by atoms with van der Waals surface area (Å²) >= 11 is 0. The third kappa shape index (κ3) is 5.04. The maximum atomic E-state index is 13.5. The fourth-order valence-corrected chi connectivity index (χ4v) is 4.01. The molecule has 1 unspecified atom stereocenters. The van der Waals surface area contributed by atoms with Gasteiger partial charge in [0.25, 0.3) is 0 Å². The number of hydrogen-bond donors (Lipinski definition) is 2. The van der Waals surface area contributed by atoms with Gasteiger partial charge in [0.1, 0.15) is 18.7 Å². The zero-order chi connectivity index (χ0) is 22.6. The molecule has 9 heteroatoms. The number of ether oxygens (including phenoxy) is 1. The minimum Gasteiger partial charge on any atom is -0.445 e. The van der Waals surface area contributed by atoms with Crippen molar-refractivity contribution in [2.75, 3.05) is 13.6 Å². The number of benzene rings is 1. The predicted octanol–water partition coefficient (Wildman–Crippen LogP) is 1.70. The van der Waals surface area contributed by atoms with Gasteiger partial charge in [0.05, 0.1) is 6.33 Å². The van der Waals surface area contributed by atoms with Gasteiger partial charge >= 0.3 is 6.09 Å². The molecule has 2 heterocycles. The molecule has 31 heavy (non-hydrogen) atoms. The van der Waals surface area contributed by atoms with E-state index in [1.165, 1.54) is 23.2 Å². The van der Waals surface area contributed by atoms with Crippen molar-refractivity contribution in [3.8, 4) is 0 Å². The molecule has 0 aliphatic carbocycles. The lowest BCUT2D eigenvalue weighted by Crippen LogP contribution is -2.56. The molecule has 1 saturated heterocycles. The second-order valence-corrected chi connectivity index (χ2v) is 8.52. The number of H-pyrrole nitrogens is 1. The number of nitrogens with one attached hydrogen (secondary N) is 1. The van der Waals surface area contributed by atoms with Gasteiger partial charge in [-0.05, 0) is 17.4 Å². The molecular formula is C22H29N5O4. The van der Waals surface area contributed by atoms with Crippen molar-refractivity contribution in [2.24, 2.45) is 11.1 Å². The van der Waals surface area contributed by atoms with Gasteiger partial charge in [0.15, 0.2) is 0 Å². The first-order chi connectivity index (χ1) is 14.7. The van der Waals surface area contributed by atoms with Gasteiger partial charge < -0.3 is 20.4 Å². The Kier molecular flexibility index (Phi) is 6.62. The van der Waals surface area contributed by atoms with Crippen LogP contribution < -0.4 is 5.73 Å². The quantitative estimate of drug-likeness (QED) is 0.697. The topological polar surface area (TPSA) is 122 Å². The SMILES string of the molecule is CN(C(=O)OCc1ccccc1)[C@@H](Cc1cnc[nH]1)C(=O)N1CCC(C)(C)C1C(N)=O. The number of rotatable bonds is 7. The van der Waals surface area contributed by atoms with E-state index in [9.17, 15) is 14.4 Å². The van der Waals surface area contributed by atoms with Gasteiger partial charge in [-0.15, -0.1) is 0 Å². The fraction of sp³-hybridized carbons (Fsp3) is 0.455. The standard InChI is InChI=1S/C22H29N5O4/c1-22(2)9-10-27(18(22)19(23)28)20(29)17(11-16-12-24-14-25-16)26(3)21(30)31-13-15-7-5-4-6-8-15/h4-8,12,14,17-18H,9-11,13H2,1-3H3,(H2,23,28)(H,24,25)/t17-,18?/m0/s1. The molecule has 3 N–H and O–H groups in total. The van der Waals surface area contributed by atoms with E-state index in [1.54, 1.807) is 6.20 Å². The number of nitrogens with two attached hydrogens (primary N) is 1. The van der Waals surface area contributed by atoms with Gasteiger partial charge in [-0.2, -0.15) is 0 Å². The van der Waals surface area contributed by atoms with Crippen LogP contribution >= 0.6 is 0 Å². The van der Waals surface area contributed by atoms with Gasteiger partial charge in [0.2, 0.25) is 11.8 Å². The monoisotopic (exact) mass is 427 g/mol. The highest BCUT2D eigenvalue weighted by molar-refractivity contribution is 5.92. The average molecular weight is 428 g/mol. The Labute approximate surface area is 181 Å². The Morgan fingerprint density at radius 3 is 2.65 bits per heavy atom. The van der Waals surface area contributed by atoms with Gasteiger partial charge in [-0.25, -0.2) is 9.78 Å². The highest BCUT2D eigenvalue weighted by Gasteiger charge is 2.48. The van der Waals surface area contributed by atoms with E-state index in [1.807, 2.05) is 44.2 Å². The molecule has 2 aromatic rings. The zero-order valence-electron chi connectivity index (χ0n) is 18.1. The molecule has 1 fully saturated rings. The number of carbonyl (C=O) groups is 3. The summed E-state index contributed by atoms with van der Waals surface area (Å²) in [7, 11) is 1.52. The Morgan fingerprint density at radius 1 is 1.32 bits per heavy atom. The lowest BCUT2D eigenvalue weighted by molar-refractivity contribution is -0.142. The minimum atomic E-state index is -0.875. The van der Waals surface area contributed by atoms with Crippen LogP contribution in [0, 0.1) is 5.41 Å². The number of aromatic nitrogens is 2. The van der Waals surface area contributed by atoms with Crippen molar-refractivity contribution in [2.45, 2.75) is 45.4 Å². The number of likely N-dealkylation sites (N-methyl/N-ethyl adjacent to an activating group) is 1.